The van der Waals surface area contributed by atoms with Gasteiger partial charge in [0.2, 0.25) is 0 Å². The molecule has 1 atom stereocenters. The van der Waals surface area contributed by atoms with E-state index in [1.54, 1.807) is 0 Å². The smallest absolute Gasteiger partial charge is 0.183 e. The van der Waals surface area contributed by atoms with Crippen molar-refractivity contribution in [2.24, 2.45) is 5.92 Å². The lowest BCUT2D eigenvalue weighted by atomic mass is 10.0. The number of piperidine rings is 1. The molecule has 1 fully saturated rings. The maximum atomic E-state index is 8.97. The van der Waals surface area contributed by atoms with Gasteiger partial charge in [-0.1, -0.05) is 18.3 Å². The van der Waals surface area contributed by atoms with Gasteiger partial charge < -0.3 is 10.6 Å². The first-order chi connectivity index (χ1) is 7.20. The van der Waals surface area contributed by atoms with Crippen LogP contribution >= 0.6 is 11.3 Å². The van der Waals surface area contributed by atoms with Crippen LogP contribution in [0.5, 0.6) is 0 Å². The van der Waals surface area contributed by atoms with Crippen LogP contribution in [0.1, 0.15) is 24.6 Å². The van der Waals surface area contributed by atoms with Crippen molar-refractivity contribution >= 4 is 22.3 Å². The number of nitrogen functional groups attached to an aromatic ring is 1. The number of nitrogens with two attached hydrogens (primary N) is 1. The molecule has 0 aromatic carbocycles. The van der Waals surface area contributed by atoms with Crippen molar-refractivity contribution in [3.63, 3.8) is 0 Å². The molecule has 0 amide bonds. The highest BCUT2D eigenvalue weighted by Gasteiger charge is 2.21. The van der Waals surface area contributed by atoms with E-state index in [1.807, 2.05) is 0 Å². The Morgan fingerprint density at radius 2 is 2.47 bits per heavy atom. The van der Waals surface area contributed by atoms with Crippen LogP contribution < -0.4 is 10.6 Å². The predicted molar refractivity (Wildman–Crippen MR) is 61.9 cm³/mol. The van der Waals surface area contributed by atoms with Gasteiger partial charge in [-0.3, -0.25) is 0 Å². The molecule has 4 nitrogen and oxygen atoms in total. The van der Waals surface area contributed by atoms with Crippen LogP contribution in [0.3, 0.4) is 0 Å². The van der Waals surface area contributed by atoms with Gasteiger partial charge in [-0.15, -0.1) is 0 Å². The summed E-state index contributed by atoms with van der Waals surface area (Å²) in [5.41, 5.74) is 5.63. The maximum absolute atomic E-state index is 8.97. The molecule has 2 N–H and O–H groups in total. The van der Waals surface area contributed by atoms with Gasteiger partial charge in [0.1, 0.15) is 6.07 Å². The third-order valence-electron chi connectivity index (χ3n) is 2.68. The standard InChI is InChI=1S/C10H14N4S/c1-7-3-2-4-14(6-7)9-8(5-11)15-10(12)13-9/h7H,2-4,6H2,1H3,(H2,12,13). The number of anilines is 2. The highest BCUT2D eigenvalue weighted by molar-refractivity contribution is 7.16. The number of hydrogen-bond donors (Lipinski definition) is 1. The first-order valence-electron chi connectivity index (χ1n) is 5.12. The van der Waals surface area contributed by atoms with Gasteiger partial charge in [0.25, 0.3) is 0 Å². The van der Waals surface area contributed by atoms with Crippen molar-refractivity contribution in [1.82, 2.24) is 4.98 Å². The first-order valence-corrected chi connectivity index (χ1v) is 5.93. The molecule has 1 aromatic heterocycles. The van der Waals surface area contributed by atoms with E-state index in [4.69, 9.17) is 11.0 Å². The van der Waals surface area contributed by atoms with Crippen LogP contribution in [0.4, 0.5) is 10.9 Å². The Kier molecular flexibility index (Phi) is 2.78. The second kappa shape index (κ2) is 4.07. The third-order valence-corrected chi connectivity index (χ3v) is 3.46. The van der Waals surface area contributed by atoms with Crippen LogP contribution in [0.25, 0.3) is 0 Å². The molecule has 0 aliphatic carbocycles. The normalized spacial score (nSPS) is 21.3. The Morgan fingerprint density at radius 1 is 1.67 bits per heavy atom. The zero-order valence-corrected chi connectivity index (χ0v) is 9.55. The average molecular weight is 222 g/mol. The summed E-state index contributed by atoms with van der Waals surface area (Å²) in [6.07, 6.45) is 2.43. The molecule has 1 aromatic rings. The Hall–Kier alpha value is -1.28. The van der Waals surface area contributed by atoms with Gasteiger partial charge in [-0.25, -0.2) is 4.98 Å². The van der Waals surface area contributed by atoms with Gasteiger partial charge in [0, 0.05) is 13.1 Å². The molecule has 0 saturated carbocycles. The molecule has 0 spiro atoms. The van der Waals surface area contributed by atoms with E-state index >= 15 is 0 Å². The molecule has 1 unspecified atom stereocenters. The fourth-order valence-corrected chi connectivity index (χ4v) is 2.65. The summed E-state index contributed by atoms with van der Waals surface area (Å²) in [7, 11) is 0. The average Bonchev–Trinajstić information content (AvgIpc) is 2.59. The van der Waals surface area contributed by atoms with E-state index in [9.17, 15) is 0 Å². The number of rotatable bonds is 1. The Morgan fingerprint density at radius 3 is 3.13 bits per heavy atom. The van der Waals surface area contributed by atoms with E-state index in [0.717, 1.165) is 18.9 Å². The molecule has 15 heavy (non-hydrogen) atoms. The summed E-state index contributed by atoms with van der Waals surface area (Å²) in [5, 5.41) is 9.45. The van der Waals surface area contributed by atoms with E-state index in [0.29, 0.717) is 15.9 Å². The zero-order chi connectivity index (χ0) is 10.8. The number of thiazole rings is 1. The van der Waals surface area contributed by atoms with Crippen molar-refractivity contribution in [3.05, 3.63) is 4.88 Å². The van der Waals surface area contributed by atoms with Crippen LogP contribution in [-0.2, 0) is 0 Å². The van der Waals surface area contributed by atoms with Crippen molar-refractivity contribution in [2.45, 2.75) is 19.8 Å². The summed E-state index contributed by atoms with van der Waals surface area (Å²) < 4.78 is 0. The van der Waals surface area contributed by atoms with Crippen molar-refractivity contribution in [1.29, 1.82) is 5.26 Å². The fourth-order valence-electron chi connectivity index (χ4n) is 2.00. The van der Waals surface area contributed by atoms with Crippen LogP contribution in [0, 0.1) is 17.2 Å². The van der Waals surface area contributed by atoms with Gasteiger partial charge in [-0.05, 0) is 18.8 Å². The lowest BCUT2D eigenvalue weighted by molar-refractivity contribution is 0.445. The molecular formula is C10H14N4S. The second-order valence-corrected chi connectivity index (χ2v) is 5.04. The van der Waals surface area contributed by atoms with Crippen molar-refractivity contribution < 1.29 is 0 Å². The Bertz CT molecular complexity index is 393. The topological polar surface area (TPSA) is 65.9 Å². The van der Waals surface area contributed by atoms with Crippen LogP contribution in [0.2, 0.25) is 0 Å². The molecule has 0 bridgehead atoms. The number of nitrogens with zero attached hydrogens (tertiary/aromatic N) is 3. The minimum Gasteiger partial charge on any atom is -0.375 e. The van der Waals surface area contributed by atoms with Crippen molar-refractivity contribution in [3.8, 4) is 6.07 Å². The largest absolute Gasteiger partial charge is 0.375 e. The van der Waals surface area contributed by atoms with Crippen LogP contribution in [-0.4, -0.2) is 18.1 Å². The second-order valence-electron chi connectivity index (χ2n) is 4.01. The number of hydrogen-bond acceptors (Lipinski definition) is 5. The van der Waals surface area contributed by atoms with E-state index in [-0.39, 0.29) is 0 Å². The van der Waals surface area contributed by atoms with Crippen LogP contribution in [0.15, 0.2) is 0 Å². The minimum absolute atomic E-state index is 0.486. The predicted octanol–water partition coefficient (Wildman–Crippen LogP) is 1.83. The lowest BCUT2D eigenvalue weighted by Gasteiger charge is -2.31. The molecule has 2 rings (SSSR count). The molecule has 0 radical (unpaired) electrons. The quantitative estimate of drug-likeness (QED) is 0.787. The van der Waals surface area contributed by atoms with Gasteiger partial charge >= 0.3 is 0 Å². The van der Waals surface area contributed by atoms with Gasteiger partial charge in [0.05, 0.1) is 0 Å². The SMILES string of the molecule is CC1CCCN(c2nc(N)sc2C#N)C1. The Balaban J connectivity index is 2.24. The maximum Gasteiger partial charge on any atom is 0.183 e. The molecule has 5 heteroatoms. The van der Waals surface area contributed by atoms with Crippen molar-refractivity contribution in [2.75, 3.05) is 23.7 Å². The summed E-state index contributed by atoms with van der Waals surface area (Å²) in [6.45, 7) is 4.20. The lowest BCUT2D eigenvalue weighted by Crippen LogP contribution is -2.34. The Labute approximate surface area is 93.3 Å². The highest BCUT2D eigenvalue weighted by Crippen LogP contribution is 2.30. The summed E-state index contributed by atoms with van der Waals surface area (Å²) in [6, 6.07) is 2.16. The van der Waals surface area contributed by atoms with Gasteiger partial charge in [-0.2, -0.15) is 5.26 Å². The van der Waals surface area contributed by atoms with E-state index < -0.39 is 0 Å². The molecule has 1 aliphatic rings. The first kappa shape index (κ1) is 10.2. The highest BCUT2D eigenvalue weighted by atomic mass is 32.1. The number of nitriles is 1. The minimum atomic E-state index is 0.486. The summed E-state index contributed by atoms with van der Waals surface area (Å²) in [4.78, 5) is 7.06. The van der Waals surface area contributed by atoms with E-state index in [2.05, 4.69) is 22.9 Å². The fraction of sp³-hybridized carbons (Fsp3) is 0.600. The van der Waals surface area contributed by atoms with E-state index in [1.165, 1.54) is 24.2 Å². The summed E-state index contributed by atoms with van der Waals surface area (Å²) >= 11 is 1.27. The summed E-state index contributed by atoms with van der Waals surface area (Å²) in [5.74, 6) is 1.46. The molecule has 2 heterocycles. The van der Waals surface area contributed by atoms with Gasteiger partial charge in [0.15, 0.2) is 15.8 Å². The third kappa shape index (κ3) is 2.05. The monoisotopic (exact) mass is 222 g/mol. The number of aromatic nitrogens is 1. The molecule has 80 valence electrons. The zero-order valence-electron chi connectivity index (χ0n) is 8.73. The molecular weight excluding hydrogens is 208 g/mol. The molecule has 1 aliphatic heterocycles. The molecule has 1 saturated heterocycles.